The maximum atomic E-state index is 10.4. The molecular formula is C16H26O5. The Bertz CT molecular complexity index is 375. The maximum Gasteiger partial charge on any atom is 0.303 e. The predicted molar refractivity (Wildman–Crippen MR) is 79.7 cm³/mol. The van der Waals surface area contributed by atoms with Gasteiger partial charge in [0.15, 0.2) is 0 Å². The quantitative estimate of drug-likeness (QED) is 0.402. The second-order valence-corrected chi connectivity index (χ2v) is 5.73. The zero-order chi connectivity index (χ0) is 15.8. The molecule has 4 N–H and O–H groups in total. The second-order valence-electron chi connectivity index (χ2n) is 5.73. The van der Waals surface area contributed by atoms with E-state index in [4.69, 9.17) is 5.11 Å². The zero-order valence-corrected chi connectivity index (χ0v) is 12.4. The van der Waals surface area contributed by atoms with Gasteiger partial charge in [0.2, 0.25) is 0 Å². The number of rotatable bonds is 8. The summed E-state index contributed by atoms with van der Waals surface area (Å²) in [6.45, 7) is 1.64. The van der Waals surface area contributed by atoms with E-state index in [1.807, 2.05) is 12.2 Å². The van der Waals surface area contributed by atoms with Crippen molar-refractivity contribution in [3.05, 3.63) is 24.3 Å². The highest BCUT2D eigenvalue weighted by atomic mass is 16.4. The highest BCUT2D eigenvalue weighted by molar-refractivity contribution is 5.66. The van der Waals surface area contributed by atoms with Crippen LogP contribution >= 0.6 is 0 Å². The van der Waals surface area contributed by atoms with Gasteiger partial charge in [0.25, 0.3) is 0 Å². The number of carbonyl (C=O) groups is 1. The van der Waals surface area contributed by atoms with Gasteiger partial charge in [-0.1, -0.05) is 24.3 Å². The molecule has 0 bridgehead atoms. The fraction of sp³-hybridized carbons (Fsp3) is 0.688. The first-order chi connectivity index (χ1) is 9.91. The van der Waals surface area contributed by atoms with Gasteiger partial charge < -0.3 is 20.4 Å². The number of carboxylic acid groups (broad SMARTS) is 1. The van der Waals surface area contributed by atoms with Gasteiger partial charge >= 0.3 is 5.97 Å². The Balaban J connectivity index is 2.46. The number of unbranched alkanes of at least 4 members (excludes halogenated alkanes) is 1. The van der Waals surface area contributed by atoms with Crippen molar-refractivity contribution < 1.29 is 25.2 Å². The van der Waals surface area contributed by atoms with Crippen molar-refractivity contribution in [3.8, 4) is 0 Å². The van der Waals surface area contributed by atoms with Crippen LogP contribution in [0.15, 0.2) is 24.3 Å². The Labute approximate surface area is 125 Å². The molecular weight excluding hydrogens is 272 g/mol. The van der Waals surface area contributed by atoms with E-state index in [2.05, 4.69) is 0 Å². The molecule has 0 aromatic rings. The van der Waals surface area contributed by atoms with Crippen LogP contribution < -0.4 is 0 Å². The second kappa shape index (κ2) is 8.97. The minimum atomic E-state index is -0.791. The third-order valence-corrected chi connectivity index (χ3v) is 3.86. The van der Waals surface area contributed by atoms with Crippen molar-refractivity contribution in [1.82, 2.24) is 0 Å². The number of hydrogen-bond acceptors (Lipinski definition) is 4. The van der Waals surface area contributed by atoms with E-state index < -0.39 is 24.3 Å². The fourth-order valence-corrected chi connectivity index (χ4v) is 2.74. The fourth-order valence-electron chi connectivity index (χ4n) is 2.74. The van der Waals surface area contributed by atoms with E-state index >= 15 is 0 Å². The van der Waals surface area contributed by atoms with Crippen LogP contribution in [0.4, 0.5) is 0 Å². The van der Waals surface area contributed by atoms with Crippen molar-refractivity contribution in [2.45, 2.75) is 57.3 Å². The lowest BCUT2D eigenvalue weighted by Crippen LogP contribution is -2.20. The highest BCUT2D eigenvalue weighted by Crippen LogP contribution is 2.36. The molecule has 1 aliphatic carbocycles. The molecule has 5 atom stereocenters. The van der Waals surface area contributed by atoms with Gasteiger partial charge in [0.05, 0.1) is 18.3 Å². The van der Waals surface area contributed by atoms with Crippen molar-refractivity contribution in [3.63, 3.8) is 0 Å². The number of hydrogen-bond donors (Lipinski definition) is 4. The van der Waals surface area contributed by atoms with Crippen molar-refractivity contribution in [2.75, 3.05) is 0 Å². The molecule has 120 valence electrons. The Hall–Kier alpha value is -1.17. The summed E-state index contributed by atoms with van der Waals surface area (Å²) in [5, 5.41) is 37.8. The van der Waals surface area contributed by atoms with E-state index in [1.165, 1.54) is 0 Å². The first kappa shape index (κ1) is 17.9. The molecule has 5 heteroatoms. The Morgan fingerprint density at radius 3 is 2.62 bits per heavy atom. The molecule has 0 aliphatic heterocycles. The molecule has 5 nitrogen and oxygen atoms in total. The van der Waals surface area contributed by atoms with Crippen LogP contribution in [0, 0.1) is 11.8 Å². The molecule has 0 saturated heterocycles. The smallest absolute Gasteiger partial charge is 0.303 e. The molecule has 1 aliphatic rings. The average molecular weight is 298 g/mol. The highest BCUT2D eigenvalue weighted by Gasteiger charge is 2.39. The molecule has 1 unspecified atom stereocenters. The lowest BCUT2D eigenvalue weighted by molar-refractivity contribution is -0.137. The molecule has 1 saturated carbocycles. The normalized spacial score (nSPS) is 31.2. The van der Waals surface area contributed by atoms with E-state index in [1.54, 1.807) is 19.1 Å². The summed E-state index contributed by atoms with van der Waals surface area (Å²) in [5.41, 5.74) is 0. The summed E-state index contributed by atoms with van der Waals surface area (Å²) >= 11 is 0. The Kier molecular flexibility index (Phi) is 7.64. The Morgan fingerprint density at radius 2 is 2.00 bits per heavy atom. The van der Waals surface area contributed by atoms with Crippen LogP contribution in [-0.4, -0.2) is 44.7 Å². The molecule has 21 heavy (non-hydrogen) atoms. The molecule has 0 spiro atoms. The number of allylic oxidation sites excluding steroid dienone is 2. The summed E-state index contributed by atoms with van der Waals surface area (Å²) in [6, 6.07) is 0. The topological polar surface area (TPSA) is 98.0 Å². The molecule has 1 fully saturated rings. The van der Waals surface area contributed by atoms with E-state index in [0.717, 1.165) is 0 Å². The standard InChI is InChI=1S/C16H26O5/c1-11(17)8-9-13-12(14(18)10-15(13)19)6-4-2-3-5-7-16(20)21/h2,4,8-9,11-15,17-19H,3,5-7,10H2,1H3,(H,20,21)/b4-2-,9-8?/t11-,12?,13+,14-,15+/m0/s1. The first-order valence-electron chi connectivity index (χ1n) is 7.51. The number of carboxylic acids is 1. The summed E-state index contributed by atoms with van der Waals surface area (Å²) in [4.78, 5) is 10.4. The summed E-state index contributed by atoms with van der Waals surface area (Å²) in [5.74, 6) is -1.01. The maximum absolute atomic E-state index is 10.4. The summed E-state index contributed by atoms with van der Waals surface area (Å²) in [7, 11) is 0. The van der Waals surface area contributed by atoms with Crippen LogP contribution in [0.5, 0.6) is 0 Å². The van der Waals surface area contributed by atoms with Crippen molar-refractivity contribution in [2.24, 2.45) is 11.8 Å². The lowest BCUT2D eigenvalue weighted by atomic mass is 9.89. The van der Waals surface area contributed by atoms with E-state index in [-0.39, 0.29) is 18.3 Å². The Morgan fingerprint density at radius 1 is 1.29 bits per heavy atom. The van der Waals surface area contributed by atoms with Gasteiger partial charge in [-0.3, -0.25) is 4.79 Å². The van der Waals surface area contributed by atoms with Gasteiger partial charge in [-0.05, 0) is 32.1 Å². The minimum absolute atomic E-state index is 0.0641. The minimum Gasteiger partial charge on any atom is -0.481 e. The molecule has 0 heterocycles. The SMILES string of the molecule is C[C@H](O)C=C[C@@H]1C(C/C=C\CCCC(=O)O)[C@@H](O)C[C@H]1O. The molecule has 0 aromatic heterocycles. The summed E-state index contributed by atoms with van der Waals surface area (Å²) in [6.07, 6.45) is 8.05. The third-order valence-electron chi connectivity index (χ3n) is 3.86. The predicted octanol–water partition coefficient (Wildman–Crippen LogP) is 1.48. The van der Waals surface area contributed by atoms with Crippen molar-refractivity contribution in [1.29, 1.82) is 0 Å². The average Bonchev–Trinajstić information content (AvgIpc) is 2.65. The monoisotopic (exact) mass is 298 g/mol. The largest absolute Gasteiger partial charge is 0.481 e. The van der Waals surface area contributed by atoms with Gasteiger partial charge in [-0.2, -0.15) is 0 Å². The van der Waals surface area contributed by atoms with E-state index in [9.17, 15) is 20.1 Å². The molecule has 1 rings (SSSR count). The van der Waals surface area contributed by atoms with Gasteiger partial charge in [-0.15, -0.1) is 0 Å². The molecule has 0 aromatic carbocycles. The van der Waals surface area contributed by atoms with Crippen molar-refractivity contribution >= 4 is 5.97 Å². The van der Waals surface area contributed by atoms with Crippen LogP contribution in [-0.2, 0) is 4.79 Å². The van der Waals surface area contributed by atoms with Crippen LogP contribution in [0.25, 0.3) is 0 Å². The van der Waals surface area contributed by atoms with Gasteiger partial charge in [0, 0.05) is 18.8 Å². The molecule has 0 amide bonds. The van der Waals surface area contributed by atoms with Crippen LogP contribution in [0.1, 0.15) is 39.0 Å². The molecule has 0 radical (unpaired) electrons. The lowest BCUT2D eigenvalue weighted by Gasteiger charge is -2.19. The third kappa shape index (κ3) is 6.42. The first-order valence-corrected chi connectivity index (χ1v) is 7.51. The number of aliphatic hydroxyl groups excluding tert-OH is 3. The van der Waals surface area contributed by atoms with Gasteiger partial charge in [-0.25, -0.2) is 0 Å². The zero-order valence-electron chi connectivity index (χ0n) is 12.4. The number of aliphatic carboxylic acids is 1. The van der Waals surface area contributed by atoms with Crippen LogP contribution in [0.3, 0.4) is 0 Å². The van der Waals surface area contributed by atoms with Gasteiger partial charge in [0.1, 0.15) is 0 Å². The summed E-state index contributed by atoms with van der Waals surface area (Å²) < 4.78 is 0. The van der Waals surface area contributed by atoms with E-state index in [0.29, 0.717) is 25.7 Å². The van der Waals surface area contributed by atoms with Crippen LogP contribution in [0.2, 0.25) is 0 Å². The number of aliphatic hydroxyl groups is 3.